The monoisotopic (exact) mass is 279 g/mol. The number of aromatic amines is 1. The summed E-state index contributed by atoms with van der Waals surface area (Å²) in [4.78, 5) is 19.2. The number of thioether (sulfide) groups is 1. The molecule has 2 rings (SSSR count). The van der Waals surface area contributed by atoms with Crippen molar-refractivity contribution < 1.29 is 9.53 Å². The number of H-pyrrole nitrogens is 1. The lowest BCUT2D eigenvalue weighted by Crippen LogP contribution is -2.37. The second-order valence-corrected chi connectivity index (χ2v) is 5.25. The van der Waals surface area contributed by atoms with Gasteiger partial charge < -0.3 is 15.0 Å². The van der Waals surface area contributed by atoms with E-state index in [0.717, 1.165) is 16.2 Å². The van der Waals surface area contributed by atoms with Gasteiger partial charge in [-0.3, -0.25) is 4.79 Å². The second-order valence-electron chi connectivity index (χ2n) is 4.24. The summed E-state index contributed by atoms with van der Waals surface area (Å²) in [6, 6.07) is 5.75. The fourth-order valence-corrected chi connectivity index (χ4v) is 2.71. The largest absolute Gasteiger partial charge is 0.468 e. The first-order valence-corrected chi connectivity index (χ1v) is 6.97. The number of nitrogens with zero attached hydrogens (tertiary/aromatic N) is 1. The minimum atomic E-state index is -0.329. The van der Waals surface area contributed by atoms with Gasteiger partial charge in [-0.2, -0.15) is 0 Å². The number of benzene rings is 1. The van der Waals surface area contributed by atoms with Crippen LogP contribution in [0.3, 0.4) is 0 Å². The lowest BCUT2D eigenvalue weighted by molar-refractivity contribution is -0.142. The highest BCUT2D eigenvalue weighted by molar-refractivity contribution is 7.99. The van der Waals surface area contributed by atoms with Crippen molar-refractivity contribution in [3.05, 3.63) is 23.8 Å². The molecule has 2 aromatic rings. The van der Waals surface area contributed by atoms with Gasteiger partial charge in [-0.05, 0) is 31.7 Å². The first-order chi connectivity index (χ1) is 9.13. The second kappa shape index (κ2) is 6.08. The number of fused-ring (bicyclic) bond motifs is 1. The number of esters is 1. The summed E-state index contributed by atoms with van der Waals surface area (Å²) in [6.45, 7) is 2.04. The van der Waals surface area contributed by atoms with Gasteiger partial charge in [-0.25, -0.2) is 4.98 Å². The molecule has 0 amide bonds. The van der Waals surface area contributed by atoms with E-state index in [-0.39, 0.29) is 12.0 Å². The molecule has 0 radical (unpaired) electrons. The van der Waals surface area contributed by atoms with Gasteiger partial charge in [0.1, 0.15) is 6.04 Å². The fourth-order valence-electron chi connectivity index (χ4n) is 1.74. The van der Waals surface area contributed by atoms with E-state index in [0.29, 0.717) is 5.75 Å². The van der Waals surface area contributed by atoms with Gasteiger partial charge in [-0.15, -0.1) is 0 Å². The van der Waals surface area contributed by atoms with Crippen LogP contribution in [0, 0.1) is 6.92 Å². The molecule has 0 spiro atoms. The van der Waals surface area contributed by atoms with E-state index in [1.165, 1.54) is 24.4 Å². The van der Waals surface area contributed by atoms with Crippen molar-refractivity contribution in [2.75, 3.05) is 19.9 Å². The summed E-state index contributed by atoms with van der Waals surface area (Å²) >= 11 is 1.50. The molecule has 0 saturated heterocycles. The van der Waals surface area contributed by atoms with Crippen LogP contribution < -0.4 is 5.32 Å². The van der Waals surface area contributed by atoms with Crippen molar-refractivity contribution in [3.8, 4) is 0 Å². The number of imidazole rings is 1. The van der Waals surface area contributed by atoms with E-state index in [2.05, 4.69) is 21.4 Å². The van der Waals surface area contributed by atoms with Crippen molar-refractivity contribution in [2.24, 2.45) is 0 Å². The normalized spacial score (nSPS) is 12.6. The van der Waals surface area contributed by atoms with Crippen LogP contribution in [0.2, 0.25) is 0 Å². The minimum absolute atomic E-state index is 0.262. The number of hydrogen-bond acceptors (Lipinski definition) is 5. The standard InChI is InChI=1S/C13H17N3O2S/c1-8-4-5-9-10(6-8)16-13(15-9)19-7-11(14-2)12(17)18-3/h4-6,11,14H,7H2,1-3H3,(H,15,16). The van der Waals surface area contributed by atoms with Crippen LogP contribution in [0.25, 0.3) is 11.0 Å². The summed E-state index contributed by atoms with van der Waals surface area (Å²) in [6.07, 6.45) is 0. The third-order valence-corrected chi connectivity index (χ3v) is 3.80. The number of hydrogen-bond donors (Lipinski definition) is 2. The Labute approximate surface area is 116 Å². The van der Waals surface area contributed by atoms with Gasteiger partial charge >= 0.3 is 5.97 Å². The lowest BCUT2D eigenvalue weighted by atomic mass is 10.2. The van der Waals surface area contributed by atoms with Gasteiger partial charge in [0, 0.05) is 5.75 Å². The molecule has 6 heteroatoms. The highest BCUT2D eigenvalue weighted by Gasteiger charge is 2.17. The summed E-state index contributed by atoms with van der Waals surface area (Å²) in [5.41, 5.74) is 3.14. The van der Waals surface area contributed by atoms with E-state index in [1.54, 1.807) is 7.05 Å². The van der Waals surface area contributed by atoms with Gasteiger partial charge in [0.2, 0.25) is 0 Å². The quantitative estimate of drug-likeness (QED) is 0.644. The van der Waals surface area contributed by atoms with Crippen LogP contribution in [-0.4, -0.2) is 41.9 Å². The van der Waals surface area contributed by atoms with Crippen LogP contribution in [0.5, 0.6) is 0 Å². The number of nitrogens with one attached hydrogen (secondary N) is 2. The highest BCUT2D eigenvalue weighted by atomic mass is 32.2. The maximum absolute atomic E-state index is 11.5. The number of likely N-dealkylation sites (N-methyl/N-ethyl adjacent to an activating group) is 1. The first kappa shape index (κ1) is 13.9. The molecule has 1 atom stereocenters. The summed E-state index contributed by atoms with van der Waals surface area (Å²) < 4.78 is 4.72. The van der Waals surface area contributed by atoms with Gasteiger partial charge in [0.15, 0.2) is 5.16 Å². The van der Waals surface area contributed by atoms with Crippen molar-refractivity contribution in [2.45, 2.75) is 18.1 Å². The SMILES string of the molecule is CNC(CSc1nc2ccc(C)cc2[nH]1)C(=O)OC. The zero-order valence-corrected chi connectivity index (χ0v) is 12.0. The third kappa shape index (κ3) is 3.27. The van der Waals surface area contributed by atoms with Crippen molar-refractivity contribution in [1.82, 2.24) is 15.3 Å². The Hall–Kier alpha value is -1.53. The Bertz CT molecular complexity index is 582. The van der Waals surface area contributed by atoms with E-state index in [4.69, 9.17) is 4.74 Å². The molecule has 2 N–H and O–H groups in total. The van der Waals surface area contributed by atoms with E-state index >= 15 is 0 Å². The summed E-state index contributed by atoms with van der Waals surface area (Å²) in [7, 11) is 3.13. The van der Waals surface area contributed by atoms with Gasteiger partial charge in [-0.1, -0.05) is 17.8 Å². The van der Waals surface area contributed by atoms with Crippen LogP contribution >= 0.6 is 11.8 Å². The number of methoxy groups -OCH3 is 1. The van der Waals surface area contributed by atoms with E-state index < -0.39 is 0 Å². The Kier molecular flexibility index (Phi) is 4.44. The molecule has 102 valence electrons. The first-order valence-electron chi connectivity index (χ1n) is 5.98. The van der Waals surface area contributed by atoms with Crippen molar-refractivity contribution in [3.63, 3.8) is 0 Å². The van der Waals surface area contributed by atoms with Crippen LogP contribution in [-0.2, 0) is 9.53 Å². The van der Waals surface area contributed by atoms with Crippen molar-refractivity contribution in [1.29, 1.82) is 0 Å². The van der Waals surface area contributed by atoms with Gasteiger partial charge in [0.25, 0.3) is 0 Å². The molecule has 0 saturated carbocycles. The number of carbonyl (C=O) groups is 1. The maximum Gasteiger partial charge on any atom is 0.323 e. The van der Waals surface area contributed by atoms with E-state index in [1.807, 2.05) is 19.1 Å². The smallest absolute Gasteiger partial charge is 0.323 e. The Morgan fingerprint density at radius 2 is 2.37 bits per heavy atom. The average Bonchev–Trinajstić information content (AvgIpc) is 2.80. The number of carbonyl (C=O) groups excluding carboxylic acids is 1. The molecular formula is C13H17N3O2S. The fraction of sp³-hybridized carbons (Fsp3) is 0.385. The minimum Gasteiger partial charge on any atom is -0.468 e. The molecule has 1 heterocycles. The lowest BCUT2D eigenvalue weighted by Gasteiger charge is -2.11. The van der Waals surface area contributed by atoms with Crippen LogP contribution in [0.1, 0.15) is 5.56 Å². The molecule has 1 unspecified atom stereocenters. The molecule has 0 aliphatic rings. The highest BCUT2D eigenvalue weighted by Crippen LogP contribution is 2.21. The molecule has 0 bridgehead atoms. The Morgan fingerprint density at radius 1 is 1.58 bits per heavy atom. The average molecular weight is 279 g/mol. The molecule has 5 nitrogen and oxygen atoms in total. The number of rotatable bonds is 5. The summed E-state index contributed by atoms with van der Waals surface area (Å²) in [5, 5.41) is 3.74. The van der Waals surface area contributed by atoms with Crippen molar-refractivity contribution >= 4 is 28.8 Å². The maximum atomic E-state index is 11.5. The predicted molar refractivity (Wildman–Crippen MR) is 76.4 cm³/mol. The van der Waals surface area contributed by atoms with Crippen LogP contribution in [0.4, 0.5) is 0 Å². The number of aromatic nitrogens is 2. The molecule has 0 fully saturated rings. The number of ether oxygens (including phenoxy) is 1. The summed E-state index contributed by atoms with van der Waals surface area (Å²) in [5.74, 6) is 0.309. The zero-order chi connectivity index (χ0) is 13.8. The zero-order valence-electron chi connectivity index (χ0n) is 11.2. The molecule has 1 aromatic heterocycles. The predicted octanol–water partition coefficient (Wildman–Crippen LogP) is 1.72. The molecule has 1 aromatic carbocycles. The molecule has 0 aliphatic carbocycles. The number of aryl methyl sites for hydroxylation is 1. The van der Waals surface area contributed by atoms with Crippen LogP contribution in [0.15, 0.2) is 23.4 Å². The topological polar surface area (TPSA) is 67.0 Å². The Morgan fingerprint density at radius 3 is 3.05 bits per heavy atom. The molecular weight excluding hydrogens is 262 g/mol. The van der Waals surface area contributed by atoms with Gasteiger partial charge in [0.05, 0.1) is 18.1 Å². The Balaban J connectivity index is 2.07. The van der Waals surface area contributed by atoms with E-state index in [9.17, 15) is 4.79 Å². The third-order valence-electron chi connectivity index (χ3n) is 2.84. The molecule has 0 aliphatic heterocycles. The molecule has 19 heavy (non-hydrogen) atoms.